The van der Waals surface area contributed by atoms with Gasteiger partial charge in [0.05, 0.1) is 12.0 Å². The van der Waals surface area contributed by atoms with Crippen molar-refractivity contribution in [3.05, 3.63) is 67.0 Å². The number of nitrogens with one attached hydrogen (secondary N) is 2. The lowest BCUT2D eigenvalue weighted by Crippen LogP contribution is -2.32. The summed E-state index contributed by atoms with van der Waals surface area (Å²) in [4.78, 5) is 20.4. The lowest BCUT2D eigenvalue weighted by Gasteiger charge is -2.17. The molecule has 1 atom stereocenters. The van der Waals surface area contributed by atoms with Crippen LogP contribution in [-0.4, -0.2) is 37.5 Å². The molecule has 0 fully saturated rings. The van der Waals surface area contributed by atoms with E-state index in [1.54, 1.807) is 12.1 Å². The maximum Gasteiger partial charge on any atom is 0.265 e. The quantitative estimate of drug-likeness (QED) is 0.522. The summed E-state index contributed by atoms with van der Waals surface area (Å²) in [5.74, 6) is 0.297. The van der Waals surface area contributed by atoms with E-state index in [2.05, 4.69) is 20.0 Å². The maximum absolute atomic E-state index is 12.6. The van der Waals surface area contributed by atoms with Crippen molar-refractivity contribution in [3.63, 3.8) is 0 Å². The van der Waals surface area contributed by atoms with Crippen molar-refractivity contribution >= 4 is 27.4 Å². The van der Waals surface area contributed by atoms with Gasteiger partial charge in [0.25, 0.3) is 21.8 Å². The van der Waals surface area contributed by atoms with E-state index in [0.717, 1.165) is 0 Å². The number of carbonyl (C=O) groups is 1. The molecule has 1 aromatic heterocycles. The van der Waals surface area contributed by atoms with E-state index in [4.69, 9.17) is 9.47 Å². The van der Waals surface area contributed by atoms with Gasteiger partial charge in [-0.3, -0.25) is 9.52 Å². The molecule has 1 unspecified atom stereocenters. The number of nitrogens with zero attached hydrogens (tertiary/aromatic N) is 2. The van der Waals surface area contributed by atoms with Gasteiger partial charge in [-0.1, -0.05) is 25.1 Å². The van der Waals surface area contributed by atoms with Gasteiger partial charge >= 0.3 is 0 Å². The van der Waals surface area contributed by atoms with Crippen molar-refractivity contribution in [3.8, 4) is 11.6 Å². The Kier molecular flexibility index (Phi) is 7.03. The van der Waals surface area contributed by atoms with Crippen LogP contribution < -0.4 is 19.5 Å². The Bertz CT molecular complexity index is 1120. The highest BCUT2D eigenvalue weighted by Crippen LogP contribution is 2.22. The number of hydrogen-bond acceptors (Lipinski definition) is 7. The van der Waals surface area contributed by atoms with E-state index in [0.29, 0.717) is 17.9 Å². The number of para-hydroxylation sites is 1. The summed E-state index contributed by atoms with van der Waals surface area (Å²) in [6.07, 6.45) is 2.52. The summed E-state index contributed by atoms with van der Waals surface area (Å²) in [6, 6.07) is 14.8. The summed E-state index contributed by atoms with van der Waals surface area (Å²) in [6.45, 7) is 1.84. The second kappa shape index (κ2) is 9.90. The molecule has 0 bridgehead atoms. The van der Waals surface area contributed by atoms with E-state index in [-0.39, 0.29) is 22.5 Å². The van der Waals surface area contributed by atoms with Gasteiger partial charge in [-0.25, -0.2) is 18.4 Å². The molecule has 9 nitrogen and oxygen atoms in total. The molecule has 1 amide bonds. The SMILES string of the molecule is CCC(Oc1ccccc1)C(=O)Nc1ccc(S(=O)(=O)Nc2nccnc2OC)cc1. The summed E-state index contributed by atoms with van der Waals surface area (Å²) in [7, 11) is -2.56. The molecular formula is C21H22N4O5S. The van der Waals surface area contributed by atoms with Crippen LogP contribution in [0.1, 0.15) is 13.3 Å². The normalized spacial score (nSPS) is 11.9. The van der Waals surface area contributed by atoms with E-state index < -0.39 is 16.1 Å². The Morgan fingerprint density at radius 1 is 1.03 bits per heavy atom. The lowest BCUT2D eigenvalue weighted by atomic mass is 10.2. The minimum absolute atomic E-state index is 0.00854. The molecule has 2 aromatic carbocycles. The van der Waals surface area contributed by atoms with Crippen molar-refractivity contribution in [2.45, 2.75) is 24.3 Å². The second-order valence-electron chi connectivity index (χ2n) is 6.36. The van der Waals surface area contributed by atoms with Crippen LogP contribution in [0.15, 0.2) is 71.9 Å². The van der Waals surface area contributed by atoms with Crippen molar-refractivity contribution < 1.29 is 22.7 Å². The first-order chi connectivity index (χ1) is 14.9. The third kappa shape index (κ3) is 5.70. The number of ether oxygens (including phenoxy) is 2. The summed E-state index contributed by atoms with van der Waals surface area (Å²) < 4.78 is 38.3. The standard InChI is InChI=1S/C21H22N4O5S/c1-3-18(30-16-7-5-4-6-8-16)20(26)24-15-9-11-17(12-10-15)31(27,28)25-19-21(29-2)23-14-13-22-19/h4-14,18H,3H2,1-2H3,(H,22,25)(H,24,26). The van der Waals surface area contributed by atoms with Crippen LogP contribution in [0, 0.1) is 0 Å². The Hall–Kier alpha value is -3.66. The predicted molar refractivity (Wildman–Crippen MR) is 116 cm³/mol. The van der Waals surface area contributed by atoms with E-state index in [9.17, 15) is 13.2 Å². The molecule has 1 heterocycles. The Balaban J connectivity index is 1.68. The van der Waals surface area contributed by atoms with Crippen LogP contribution >= 0.6 is 0 Å². The van der Waals surface area contributed by atoms with Crippen LogP contribution in [-0.2, 0) is 14.8 Å². The highest BCUT2D eigenvalue weighted by atomic mass is 32.2. The number of carbonyl (C=O) groups excluding carboxylic acids is 1. The molecule has 0 aliphatic rings. The van der Waals surface area contributed by atoms with Crippen molar-refractivity contribution in [1.29, 1.82) is 0 Å². The predicted octanol–water partition coefficient (Wildman–Crippen LogP) is 3.08. The van der Waals surface area contributed by atoms with Crippen molar-refractivity contribution in [1.82, 2.24) is 9.97 Å². The zero-order valence-corrected chi connectivity index (χ0v) is 17.8. The molecule has 0 saturated carbocycles. The molecule has 10 heteroatoms. The lowest BCUT2D eigenvalue weighted by molar-refractivity contribution is -0.122. The largest absolute Gasteiger partial charge is 0.481 e. The van der Waals surface area contributed by atoms with E-state index >= 15 is 0 Å². The zero-order chi connectivity index (χ0) is 22.3. The number of anilines is 2. The third-order valence-corrected chi connectivity index (χ3v) is 5.56. The number of aromatic nitrogens is 2. The first-order valence-electron chi connectivity index (χ1n) is 9.43. The van der Waals surface area contributed by atoms with Gasteiger partial charge in [-0.15, -0.1) is 0 Å². The number of amides is 1. The Morgan fingerprint density at radius 2 is 1.71 bits per heavy atom. The number of benzene rings is 2. The van der Waals surface area contributed by atoms with Crippen molar-refractivity contribution in [2.24, 2.45) is 0 Å². The third-order valence-electron chi connectivity index (χ3n) is 4.21. The zero-order valence-electron chi connectivity index (χ0n) is 17.0. The Morgan fingerprint density at radius 3 is 2.35 bits per heavy atom. The summed E-state index contributed by atoms with van der Waals surface area (Å²) in [5.41, 5.74) is 0.441. The van der Waals surface area contributed by atoms with Crippen LogP contribution in [0.3, 0.4) is 0 Å². The molecule has 0 saturated heterocycles. The van der Waals surface area contributed by atoms with Gasteiger partial charge in [0.2, 0.25) is 5.82 Å². The Labute approximate surface area is 180 Å². The molecule has 0 aliphatic carbocycles. The van der Waals surface area contributed by atoms with E-state index in [1.807, 2.05) is 25.1 Å². The first-order valence-corrected chi connectivity index (χ1v) is 10.9. The number of methoxy groups -OCH3 is 1. The van der Waals surface area contributed by atoms with Crippen LogP contribution in [0.4, 0.5) is 11.5 Å². The van der Waals surface area contributed by atoms with Crippen LogP contribution in [0.2, 0.25) is 0 Å². The summed E-state index contributed by atoms with van der Waals surface area (Å²) in [5, 5.41) is 2.74. The minimum Gasteiger partial charge on any atom is -0.481 e. The summed E-state index contributed by atoms with van der Waals surface area (Å²) >= 11 is 0. The topological polar surface area (TPSA) is 120 Å². The minimum atomic E-state index is -3.92. The van der Waals surface area contributed by atoms with Gasteiger partial charge < -0.3 is 14.8 Å². The van der Waals surface area contributed by atoms with Gasteiger partial charge in [0.15, 0.2) is 6.10 Å². The fraction of sp³-hybridized carbons (Fsp3) is 0.190. The average molecular weight is 442 g/mol. The molecular weight excluding hydrogens is 420 g/mol. The van der Waals surface area contributed by atoms with Crippen LogP contribution in [0.25, 0.3) is 0 Å². The molecule has 31 heavy (non-hydrogen) atoms. The van der Waals surface area contributed by atoms with Gasteiger partial charge in [0.1, 0.15) is 5.75 Å². The molecule has 0 aliphatic heterocycles. The number of rotatable bonds is 9. The van der Waals surface area contributed by atoms with Crippen LogP contribution in [0.5, 0.6) is 11.6 Å². The molecule has 162 valence electrons. The van der Waals surface area contributed by atoms with Gasteiger partial charge in [-0.05, 0) is 42.8 Å². The maximum atomic E-state index is 12.6. The van der Waals surface area contributed by atoms with Crippen molar-refractivity contribution in [2.75, 3.05) is 17.1 Å². The fourth-order valence-corrected chi connectivity index (χ4v) is 3.66. The molecule has 2 N–H and O–H groups in total. The number of hydrogen-bond donors (Lipinski definition) is 2. The molecule has 0 radical (unpaired) electrons. The highest BCUT2D eigenvalue weighted by molar-refractivity contribution is 7.92. The number of sulfonamides is 1. The molecule has 0 spiro atoms. The van der Waals surface area contributed by atoms with Gasteiger partial charge in [-0.2, -0.15) is 0 Å². The monoisotopic (exact) mass is 442 g/mol. The fourth-order valence-electron chi connectivity index (χ4n) is 2.66. The smallest absolute Gasteiger partial charge is 0.265 e. The van der Waals surface area contributed by atoms with Gasteiger partial charge in [0, 0.05) is 18.1 Å². The first kappa shape index (κ1) is 22.0. The molecule has 3 rings (SSSR count). The van der Waals surface area contributed by atoms with E-state index in [1.165, 1.54) is 43.8 Å². The molecule has 3 aromatic rings. The average Bonchev–Trinajstić information content (AvgIpc) is 2.78. The highest BCUT2D eigenvalue weighted by Gasteiger charge is 2.20. The second-order valence-corrected chi connectivity index (χ2v) is 8.04.